The van der Waals surface area contributed by atoms with Crippen LogP contribution in [-0.4, -0.2) is 30.3 Å². The van der Waals surface area contributed by atoms with Crippen molar-refractivity contribution < 1.29 is 9.72 Å². The summed E-state index contributed by atoms with van der Waals surface area (Å²) < 4.78 is 1.56. The first-order valence-corrected chi connectivity index (χ1v) is 8.59. The molecule has 0 bridgehead atoms. The third kappa shape index (κ3) is 3.58. The van der Waals surface area contributed by atoms with Crippen molar-refractivity contribution in [3.8, 4) is 5.82 Å². The van der Waals surface area contributed by atoms with Crippen LogP contribution in [-0.2, 0) is 4.79 Å². The molecule has 0 unspecified atom stereocenters. The van der Waals surface area contributed by atoms with Gasteiger partial charge in [-0.3, -0.25) is 19.5 Å². The summed E-state index contributed by atoms with van der Waals surface area (Å²) in [6, 6.07) is 14.0. The number of hydrogen-bond donors (Lipinski definition) is 2. The van der Waals surface area contributed by atoms with Gasteiger partial charge < -0.3 is 10.6 Å². The predicted octanol–water partition coefficient (Wildman–Crippen LogP) is 3.43. The van der Waals surface area contributed by atoms with Crippen LogP contribution in [0.25, 0.3) is 16.9 Å². The molecule has 0 saturated carbocycles. The fourth-order valence-electron chi connectivity index (χ4n) is 2.91. The molecule has 0 fully saturated rings. The Morgan fingerprint density at radius 2 is 1.76 bits per heavy atom. The lowest BCUT2D eigenvalue weighted by molar-refractivity contribution is -0.384. The Balaban J connectivity index is 1.74. The molecule has 2 heterocycles. The summed E-state index contributed by atoms with van der Waals surface area (Å²) in [4.78, 5) is 34.9. The number of nitrogens with zero attached hydrogens (tertiary/aromatic N) is 5. The number of anilines is 3. The molecular weight excluding hydrogens is 374 g/mol. The van der Waals surface area contributed by atoms with Gasteiger partial charge in [0.15, 0.2) is 0 Å². The fraction of sp³-hybridized carbons (Fsp3) is 0.0526. The lowest BCUT2D eigenvalue weighted by Gasteiger charge is -2.10. The van der Waals surface area contributed by atoms with Gasteiger partial charge in [-0.15, -0.1) is 0 Å². The van der Waals surface area contributed by atoms with E-state index < -0.39 is 4.92 Å². The lowest BCUT2D eigenvalue weighted by atomic mass is 10.2. The average Bonchev–Trinajstić information content (AvgIpc) is 3.13. The number of para-hydroxylation sites is 2. The van der Waals surface area contributed by atoms with Gasteiger partial charge in [-0.1, -0.05) is 12.1 Å². The summed E-state index contributed by atoms with van der Waals surface area (Å²) in [5.74, 6) is -0.0320. The standard InChI is InChI=1S/C19H15N7O3/c1-12(27)23-13-6-8-14(9-7-13)24-18-17(26(28)29)19(21-10-20-18)25-11-22-15-4-2-3-5-16(15)25/h2-11H,1H3,(H,23,27)(H,20,21,24). The molecule has 0 radical (unpaired) electrons. The molecule has 0 aliphatic rings. The van der Waals surface area contributed by atoms with Crippen molar-refractivity contribution in [3.05, 3.63) is 71.3 Å². The molecule has 29 heavy (non-hydrogen) atoms. The summed E-state index contributed by atoms with van der Waals surface area (Å²) in [5, 5.41) is 17.4. The normalized spacial score (nSPS) is 10.7. The van der Waals surface area contributed by atoms with Crippen molar-refractivity contribution in [1.29, 1.82) is 0 Å². The van der Waals surface area contributed by atoms with E-state index in [4.69, 9.17) is 0 Å². The van der Waals surface area contributed by atoms with Gasteiger partial charge in [0, 0.05) is 18.3 Å². The van der Waals surface area contributed by atoms with Gasteiger partial charge >= 0.3 is 5.69 Å². The highest BCUT2D eigenvalue weighted by Gasteiger charge is 2.25. The molecule has 4 rings (SSSR count). The smallest absolute Gasteiger partial charge is 0.334 e. The Hall–Kier alpha value is -4.34. The number of nitrogens with one attached hydrogen (secondary N) is 2. The summed E-state index contributed by atoms with van der Waals surface area (Å²) in [6.45, 7) is 1.41. The van der Waals surface area contributed by atoms with E-state index >= 15 is 0 Å². The van der Waals surface area contributed by atoms with Gasteiger partial charge in [-0.25, -0.2) is 15.0 Å². The minimum atomic E-state index is -0.530. The molecule has 1 amide bonds. The van der Waals surface area contributed by atoms with Gasteiger partial charge in [0.25, 0.3) is 0 Å². The second-order valence-electron chi connectivity index (χ2n) is 6.14. The van der Waals surface area contributed by atoms with E-state index in [1.54, 1.807) is 28.8 Å². The highest BCUT2D eigenvalue weighted by molar-refractivity contribution is 5.89. The van der Waals surface area contributed by atoms with E-state index in [1.165, 1.54) is 19.6 Å². The Kier molecular flexibility index (Phi) is 4.57. The van der Waals surface area contributed by atoms with E-state index in [2.05, 4.69) is 25.6 Å². The second kappa shape index (κ2) is 7.35. The number of carbonyl (C=O) groups is 1. The fourth-order valence-corrected chi connectivity index (χ4v) is 2.91. The minimum Gasteiger partial charge on any atom is -0.334 e. The molecular formula is C19H15N7O3. The Labute approximate surface area is 164 Å². The van der Waals surface area contributed by atoms with Crippen LogP contribution in [0.5, 0.6) is 0 Å². The van der Waals surface area contributed by atoms with Gasteiger partial charge in [0.2, 0.25) is 17.5 Å². The maximum absolute atomic E-state index is 11.8. The number of rotatable bonds is 5. The van der Waals surface area contributed by atoms with E-state index in [-0.39, 0.29) is 23.2 Å². The summed E-state index contributed by atoms with van der Waals surface area (Å²) >= 11 is 0. The number of fused-ring (bicyclic) bond motifs is 1. The number of imidazole rings is 1. The predicted molar refractivity (Wildman–Crippen MR) is 107 cm³/mol. The zero-order chi connectivity index (χ0) is 20.4. The molecule has 144 valence electrons. The third-order valence-electron chi connectivity index (χ3n) is 4.14. The number of carbonyl (C=O) groups excluding carboxylic acids is 1. The highest BCUT2D eigenvalue weighted by atomic mass is 16.6. The Morgan fingerprint density at radius 1 is 1.03 bits per heavy atom. The molecule has 0 spiro atoms. The molecule has 2 aromatic carbocycles. The Bertz CT molecular complexity index is 1220. The number of amides is 1. The second-order valence-corrected chi connectivity index (χ2v) is 6.14. The number of hydrogen-bond acceptors (Lipinski definition) is 7. The van der Waals surface area contributed by atoms with Crippen LogP contribution in [0.2, 0.25) is 0 Å². The summed E-state index contributed by atoms with van der Waals surface area (Å²) in [7, 11) is 0. The first kappa shape index (κ1) is 18.0. The molecule has 0 aliphatic heterocycles. The van der Waals surface area contributed by atoms with Crippen molar-refractivity contribution in [2.45, 2.75) is 6.92 Å². The van der Waals surface area contributed by atoms with E-state index in [0.717, 1.165) is 0 Å². The Morgan fingerprint density at radius 3 is 2.48 bits per heavy atom. The molecule has 0 aliphatic carbocycles. The maximum atomic E-state index is 11.8. The zero-order valence-corrected chi connectivity index (χ0v) is 15.2. The number of aromatic nitrogens is 4. The minimum absolute atomic E-state index is 0.0464. The van der Waals surface area contributed by atoms with Crippen LogP contribution in [0.1, 0.15) is 6.92 Å². The van der Waals surface area contributed by atoms with E-state index in [1.807, 2.05) is 24.3 Å². The van der Waals surface area contributed by atoms with Crippen molar-refractivity contribution in [1.82, 2.24) is 19.5 Å². The monoisotopic (exact) mass is 389 g/mol. The van der Waals surface area contributed by atoms with Gasteiger partial charge in [0.05, 0.1) is 16.0 Å². The van der Waals surface area contributed by atoms with Crippen LogP contribution in [0.4, 0.5) is 22.9 Å². The van der Waals surface area contributed by atoms with Crippen molar-refractivity contribution in [3.63, 3.8) is 0 Å². The zero-order valence-electron chi connectivity index (χ0n) is 15.2. The molecule has 0 saturated heterocycles. The molecule has 4 aromatic rings. The molecule has 2 N–H and O–H groups in total. The van der Waals surface area contributed by atoms with Gasteiger partial charge in [-0.05, 0) is 36.4 Å². The maximum Gasteiger partial charge on any atom is 0.354 e. The number of nitro groups is 1. The van der Waals surface area contributed by atoms with Crippen LogP contribution in [0, 0.1) is 10.1 Å². The largest absolute Gasteiger partial charge is 0.354 e. The topological polar surface area (TPSA) is 128 Å². The molecule has 2 aromatic heterocycles. The van der Waals surface area contributed by atoms with Crippen LogP contribution < -0.4 is 10.6 Å². The van der Waals surface area contributed by atoms with Crippen molar-refractivity contribution in [2.24, 2.45) is 0 Å². The molecule has 10 heteroatoms. The van der Waals surface area contributed by atoms with Gasteiger partial charge in [-0.2, -0.15) is 0 Å². The first-order valence-electron chi connectivity index (χ1n) is 8.59. The lowest BCUT2D eigenvalue weighted by Crippen LogP contribution is -2.08. The molecule has 10 nitrogen and oxygen atoms in total. The first-order chi connectivity index (χ1) is 14.0. The third-order valence-corrected chi connectivity index (χ3v) is 4.14. The SMILES string of the molecule is CC(=O)Nc1ccc(Nc2ncnc(-n3cnc4ccccc43)c2[N+](=O)[O-])cc1. The highest BCUT2D eigenvalue weighted by Crippen LogP contribution is 2.32. The summed E-state index contributed by atoms with van der Waals surface area (Å²) in [5.41, 5.74) is 2.30. The van der Waals surface area contributed by atoms with Crippen molar-refractivity contribution >= 4 is 39.8 Å². The summed E-state index contributed by atoms with van der Waals surface area (Å²) in [6.07, 6.45) is 2.75. The van der Waals surface area contributed by atoms with Crippen LogP contribution in [0.15, 0.2) is 61.2 Å². The van der Waals surface area contributed by atoms with E-state index in [9.17, 15) is 14.9 Å². The molecule has 0 atom stereocenters. The van der Waals surface area contributed by atoms with Crippen LogP contribution >= 0.6 is 0 Å². The van der Waals surface area contributed by atoms with E-state index in [0.29, 0.717) is 22.4 Å². The van der Waals surface area contributed by atoms with Gasteiger partial charge in [0.1, 0.15) is 12.7 Å². The number of benzene rings is 2. The van der Waals surface area contributed by atoms with Crippen LogP contribution in [0.3, 0.4) is 0 Å². The van der Waals surface area contributed by atoms with Crippen molar-refractivity contribution in [2.75, 3.05) is 10.6 Å². The average molecular weight is 389 g/mol. The quantitative estimate of drug-likeness (QED) is 0.395.